The number of para-hydroxylation sites is 1. The highest BCUT2D eigenvalue weighted by Crippen LogP contribution is 2.20. The fraction of sp³-hybridized carbons (Fsp3) is 0.333. The van der Waals surface area contributed by atoms with Crippen LogP contribution >= 0.6 is 0 Å². The van der Waals surface area contributed by atoms with Gasteiger partial charge in [-0.1, -0.05) is 42.5 Å². The molecule has 1 fully saturated rings. The number of nitrogens with zero attached hydrogens (tertiary/aromatic N) is 2. The molecule has 1 aliphatic heterocycles. The third kappa shape index (κ3) is 5.08. The summed E-state index contributed by atoms with van der Waals surface area (Å²) in [6, 6.07) is 18.0. The number of ether oxygens (including phenoxy) is 1. The maximum atomic E-state index is 12.3. The van der Waals surface area contributed by atoms with Crippen molar-refractivity contribution < 1.29 is 9.53 Å². The van der Waals surface area contributed by atoms with Crippen LogP contribution in [0, 0.1) is 0 Å². The van der Waals surface area contributed by atoms with Crippen molar-refractivity contribution in [2.45, 2.75) is 25.6 Å². The number of hydrogen-bond acceptors (Lipinski definition) is 3. The van der Waals surface area contributed by atoms with Gasteiger partial charge >= 0.3 is 0 Å². The zero-order chi connectivity index (χ0) is 19.1. The van der Waals surface area contributed by atoms with Crippen molar-refractivity contribution in [3.05, 3.63) is 65.7 Å². The number of carbonyl (C=O) groups excluding carboxylic acids is 1. The van der Waals surface area contributed by atoms with Crippen LogP contribution < -0.4 is 15.5 Å². The predicted molar refractivity (Wildman–Crippen MR) is 108 cm³/mol. The Hall–Kier alpha value is -2.86. The molecule has 0 aliphatic carbocycles. The highest BCUT2D eigenvalue weighted by molar-refractivity contribution is 5.97. The van der Waals surface area contributed by atoms with Crippen molar-refractivity contribution >= 4 is 17.6 Å². The SMILES string of the molecule is CN=C(NCc1cccc(COC)c1)NC1CC(=O)N(c2ccccc2)C1. The molecule has 0 radical (unpaired) electrons. The van der Waals surface area contributed by atoms with Crippen LogP contribution in [0.5, 0.6) is 0 Å². The molecule has 2 N–H and O–H groups in total. The smallest absolute Gasteiger partial charge is 0.229 e. The Kier molecular flexibility index (Phi) is 6.44. The summed E-state index contributed by atoms with van der Waals surface area (Å²) in [7, 11) is 3.43. The van der Waals surface area contributed by atoms with Gasteiger partial charge in [0.1, 0.15) is 0 Å². The summed E-state index contributed by atoms with van der Waals surface area (Å²) in [6.07, 6.45) is 0.457. The summed E-state index contributed by atoms with van der Waals surface area (Å²) < 4.78 is 5.18. The Labute approximate surface area is 160 Å². The normalized spacial score (nSPS) is 17.3. The van der Waals surface area contributed by atoms with Crippen molar-refractivity contribution in [3.8, 4) is 0 Å². The summed E-state index contributed by atoms with van der Waals surface area (Å²) in [6.45, 7) is 1.88. The van der Waals surface area contributed by atoms with E-state index in [9.17, 15) is 4.79 Å². The maximum Gasteiger partial charge on any atom is 0.229 e. The third-order valence-electron chi connectivity index (χ3n) is 4.52. The average Bonchev–Trinajstić information content (AvgIpc) is 3.06. The van der Waals surface area contributed by atoms with Gasteiger partial charge in [0.2, 0.25) is 5.91 Å². The Bertz CT molecular complexity index is 792. The lowest BCUT2D eigenvalue weighted by Crippen LogP contribution is -2.44. The lowest BCUT2D eigenvalue weighted by molar-refractivity contribution is -0.117. The highest BCUT2D eigenvalue weighted by atomic mass is 16.5. The molecule has 1 atom stereocenters. The monoisotopic (exact) mass is 366 g/mol. The molecule has 142 valence electrons. The van der Waals surface area contributed by atoms with Crippen LogP contribution in [-0.4, -0.2) is 38.6 Å². The molecule has 6 heteroatoms. The van der Waals surface area contributed by atoms with Crippen molar-refractivity contribution in [1.29, 1.82) is 0 Å². The molecule has 1 heterocycles. The number of rotatable bonds is 6. The predicted octanol–water partition coefficient (Wildman–Crippen LogP) is 2.30. The number of nitrogens with one attached hydrogen (secondary N) is 2. The Balaban J connectivity index is 1.55. The highest BCUT2D eigenvalue weighted by Gasteiger charge is 2.30. The number of benzene rings is 2. The molecule has 3 rings (SSSR count). The summed E-state index contributed by atoms with van der Waals surface area (Å²) in [5.41, 5.74) is 3.23. The number of aliphatic imine (C=N–C) groups is 1. The first-order valence-corrected chi connectivity index (χ1v) is 9.09. The largest absolute Gasteiger partial charge is 0.380 e. The van der Waals surface area contributed by atoms with E-state index in [1.165, 1.54) is 0 Å². The van der Waals surface area contributed by atoms with Crippen LogP contribution in [0.1, 0.15) is 17.5 Å². The van der Waals surface area contributed by atoms with Gasteiger partial charge in [-0.05, 0) is 23.3 Å². The summed E-state index contributed by atoms with van der Waals surface area (Å²) in [5.74, 6) is 0.821. The fourth-order valence-corrected chi connectivity index (χ4v) is 3.23. The minimum absolute atomic E-state index is 0.0312. The first kappa shape index (κ1) is 18.9. The molecule has 0 aromatic heterocycles. The minimum Gasteiger partial charge on any atom is -0.380 e. The first-order chi connectivity index (χ1) is 13.2. The van der Waals surface area contributed by atoms with Gasteiger partial charge in [-0.25, -0.2) is 0 Å². The average molecular weight is 366 g/mol. The lowest BCUT2D eigenvalue weighted by atomic mass is 10.1. The Morgan fingerprint density at radius 3 is 2.70 bits per heavy atom. The number of hydrogen-bond donors (Lipinski definition) is 2. The van der Waals surface area contributed by atoms with E-state index in [4.69, 9.17) is 4.74 Å². The van der Waals surface area contributed by atoms with Gasteiger partial charge in [0.15, 0.2) is 5.96 Å². The summed E-state index contributed by atoms with van der Waals surface area (Å²) in [4.78, 5) is 18.5. The van der Waals surface area contributed by atoms with Gasteiger partial charge in [-0.15, -0.1) is 0 Å². The van der Waals surface area contributed by atoms with Crippen LogP contribution in [0.15, 0.2) is 59.6 Å². The molecule has 2 aromatic carbocycles. The van der Waals surface area contributed by atoms with Crippen LogP contribution in [0.4, 0.5) is 5.69 Å². The van der Waals surface area contributed by atoms with Gasteiger partial charge in [0.05, 0.1) is 12.6 Å². The van der Waals surface area contributed by atoms with Crippen molar-refractivity contribution in [3.63, 3.8) is 0 Å². The standard InChI is InChI=1S/C21H26N4O2/c1-22-21(23-13-16-7-6-8-17(11-16)15-27-2)24-18-12-20(26)25(14-18)19-9-4-3-5-10-19/h3-11,18H,12-15H2,1-2H3,(H2,22,23,24). The second-order valence-electron chi connectivity index (χ2n) is 6.56. The Morgan fingerprint density at radius 1 is 1.19 bits per heavy atom. The zero-order valence-corrected chi connectivity index (χ0v) is 15.8. The number of amides is 1. The second-order valence-corrected chi connectivity index (χ2v) is 6.56. The second kappa shape index (κ2) is 9.19. The molecular formula is C21H26N4O2. The van der Waals surface area contributed by atoms with Crippen LogP contribution in [0.2, 0.25) is 0 Å². The molecule has 0 spiro atoms. The van der Waals surface area contributed by atoms with Crippen molar-refractivity contribution in [2.24, 2.45) is 4.99 Å². The van der Waals surface area contributed by atoms with E-state index in [0.717, 1.165) is 16.8 Å². The summed E-state index contributed by atoms with van der Waals surface area (Å²) >= 11 is 0. The number of carbonyl (C=O) groups is 1. The van der Waals surface area contributed by atoms with Gasteiger partial charge in [-0.2, -0.15) is 0 Å². The maximum absolute atomic E-state index is 12.3. The van der Waals surface area contributed by atoms with E-state index in [1.807, 2.05) is 47.4 Å². The zero-order valence-electron chi connectivity index (χ0n) is 15.8. The van der Waals surface area contributed by atoms with E-state index < -0.39 is 0 Å². The Morgan fingerprint density at radius 2 is 1.96 bits per heavy atom. The first-order valence-electron chi connectivity index (χ1n) is 9.09. The molecular weight excluding hydrogens is 340 g/mol. The molecule has 1 saturated heterocycles. The molecule has 6 nitrogen and oxygen atoms in total. The van der Waals surface area contributed by atoms with Gasteiger partial charge in [0, 0.05) is 39.4 Å². The van der Waals surface area contributed by atoms with Crippen LogP contribution in [-0.2, 0) is 22.7 Å². The molecule has 2 aromatic rings. The molecule has 1 aliphatic rings. The number of guanidine groups is 1. The van der Waals surface area contributed by atoms with Crippen molar-refractivity contribution in [1.82, 2.24) is 10.6 Å². The number of methoxy groups -OCH3 is 1. The van der Waals surface area contributed by atoms with Gasteiger partial charge in [0.25, 0.3) is 0 Å². The lowest BCUT2D eigenvalue weighted by Gasteiger charge is -2.19. The molecule has 1 unspecified atom stereocenters. The topological polar surface area (TPSA) is 66.0 Å². The van der Waals surface area contributed by atoms with Gasteiger partial charge in [-0.3, -0.25) is 9.79 Å². The molecule has 0 saturated carbocycles. The number of anilines is 1. The molecule has 1 amide bonds. The summed E-state index contributed by atoms with van der Waals surface area (Å²) in [5, 5.41) is 6.68. The van der Waals surface area contributed by atoms with E-state index in [0.29, 0.717) is 32.1 Å². The van der Waals surface area contributed by atoms with E-state index in [1.54, 1.807) is 14.2 Å². The van der Waals surface area contributed by atoms with E-state index in [2.05, 4.69) is 27.8 Å². The van der Waals surface area contributed by atoms with E-state index >= 15 is 0 Å². The van der Waals surface area contributed by atoms with Crippen molar-refractivity contribution in [2.75, 3.05) is 25.6 Å². The quantitative estimate of drug-likeness (QED) is 0.608. The molecule has 0 bridgehead atoms. The molecule has 27 heavy (non-hydrogen) atoms. The van der Waals surface area contributed by atoms with E-state index in [-0.39, 0.29) is 11.9 Å². The third-order valence-corrected chi connectivity index (χ3v) is 4.52. The fourth-order valence-electron chi connectivity index (χ4n) is 3.23. The van der Waals surface area contributed by atoms with Crippen LogP contribution in [0.3, 0.4) is 0 Å². The van der Waals surface area contributed by atoms with Crippen LogP contribution in [0.25, 0.3) is 0 Å². The van der Waals surface area contributed by atoms with Gasteiger partial charge < -0.3 is 20.3 Å². The minimum atomic E-state index is 0.0312.